The molecule has 0 aromatic heterocycles. The van der Waals surface area contributed by atoms with Crippen LogP contribution in [0.4, 0.5) is 0 Å². The van der Waals surface area contributed by atoms with Crippen LogP contribution < -0.4 is 0 Å². The third-order valence-corrected chi connectivity index (χ3v) is 13.9. The summed E-state index contributed by atoms with van der Waals surface area (Å²) in [4.78, 5) is 38.3. The number of unbranched alkanes of at least 4 members (excludes halogenated alkanes) is 28. The van der Waals surface area contributed by atoms with Crippen LogP contribution in [0.1, 0.15) is 303 Å². The van der Waals surface area contributed by atoms with Crippen molar-refractivity contribution in [2.75, 3.05) is 13.2 Å². The van der Waals surface area contributed by atoms with E-state index in [9.17, 15) is 14.4 Å². The zero-order chi connectivity index (χ0) is 57.1. The molecule has 0 fully saturated rings. The zero-order valence-corrected chi connectivity index (χ0v) is 51.6. The molecule has 0 amide bonds. The molecule has 6 nitrogen and oxygen atoms in total. The minimum absolute atomic E-state index is 0.0952. The minimum atomic E-state index is -0.802. The topological polar surface area (TPSA) is 78.9 Å². The Kier molecular flexibility index (Phi) is 62.8. The van der Waals surface area contributed by atoms with Crippen LogP contribution in [0.25, 0.3) is 0 Å². The highest BCUT2D eigenvalue weighted by molar-refractivity contribution is 5.71. The van der Waals surface area contributed by atoms with E-state index in [2.05, 4.69) is 142 Å². The van der Waals surface area contributed by atoms with Crippen LogP contribution >= 0.6 is 0 Å². The van der Waals surface area contributed by atoms with Gasteiger partial charge in [0.25, 0.3) is 0 Å². The van der Waals surface area contributed by atoms with Gasteiger partial charge in [-0.15, -0.1) is 0 Å². The van der Waals surface area contributed by atoms with E-state index in [1.807, 2.05) is 0 Å². The molecule has 1 atom stereocenters. The number of rotatable bonds is 59. The van der Waals surface area contributed by atoms with Gasteiger partial charge >= 0.3 is 17.9 Å². The molecule has 0 aliphatic rings. The van der Waals surface area contributed by atoms with Crippen LogP contribution in [-0.2, 0) is 28.6 Å². The monoisotopic (exact) mass is 1090 g/mol. The zero-order valence-electron chi connectivity index (χ0n) is 51.6. The Morgan fingerprint density at radius 3 is 0.785 bits per heavy atom. The van der Waals surface area contributed by atoms with Gasteiger partial charge in [-0.25, -0.2) is 0 Å². The maximum absolute atomic E-state index is 12.9. The molecule has 79 heavy (non-hydrogen) atoms. The first-order valence-corrected chi connectivity index (χ1v) is 33.0. The van der Waals surface area contributed by atoms with E-state index in [0.29, 0.717) is 19.3 Å². The van der Waals surface area contributed by atoms with Gasteiger partial charge in [0.15, 0.2) is 6.10 Å². The number of hydrogen-bond donors (Lipinski definition) is 0. The molecule has 0 radical (unpaired) electrons. The predicted octanol–water partition coefficient (Wildman–Crippen LogP) is 22.8. The summed E-state index contributed by atoms with van der Waals surface area (Å²) in [7, 11) is 0. The lowest BCUT2D eigenvalue weighted by Gasteiger charge is -2.18. The van der Waals surface area contributed by atoms with Gasteiger partial charge in [0, 0.05) is 19.3 Å². The van der Waals surface area contributed by atoms with Gasteiger partial charge in [0.1, 0.15) is 13.2 Å². The Hall–Kier alpha value is -4.19. The normalized spacial score (nSPS) is 12.9. The van der Waals surface area contributed by atoms with Crippen LogP contribution in [0.2, 0.25) is 0 Å². The minimum Gasteiger partial charge on any atom is -0.462 e. The Morgan fingerprint density at radius 2 is 0.494 bits per heavy atom. The lowest BCUT2D eigenvalue weighted by molar-refractivity contribution is -0.167. The molecule has 0 aliphatic heterocycles. The molecule has 0 spiro atoms. The summed E-state index contributed by atoms with van der Waals surface area (Å²) in [6, 6.07) is 0. The molecule has 0 heterocycles. The summed E-state index contributed by atoms with van der Waals surface area (Å²) in [6.07, 6.45) is 92.2. The van der Waals surface area contributed by atoms with Crippen LogP contribution in [0.5, 0.6) is 0 Å². The van der Waals surface area contributed by atoms with E-state index in [-0.39, 0.29) is 31.1 Å². The van der Waals surface area contributed by atoms with Gasteiger partial charge < -0.3 is 14.2 Å². The van der Waals surface area contributed by atoms with Crippen molar-refractivity contribution in [2.45, 2.75) is 309 Å². The predicted molar refractivity (Wildman–Crippen MR) is 343 cm³/mol. The number of carbonyl (C=O) groups excluding carboxylic acids is 3. The van der Waals surface area contributed by atoms with Crippen LogP contribution in [-0.4, -0.2) is 37.2 Å². The molecular formula is C73H122O6. The van der Waals surface area contributed by atoms with Crippen molar-refractivity contribution < 1.29 is 28.6 Å². The van der Waals surface area contributed by atoms with Crippen molar-refractivity contribution in [3.05, 3.63) is 122 Å². The molecule has 0 saturated heterocycles. The summed E-state index contributed by atoms with van der Waals surface area (Å²) in [5, 5.41) is 0. The number of ether oxygens (including phenoxy) is 3. The highest BCUT2D eigenvalue weighted by Crippen LogP contribution is 2.16. The third-order valence-electron chi connectivity index (χ3n) is 13.9. The van der Waals surface area contributed by atoms with Gasteiger partial charge in [-0.05, 0) is 128 Å². The number of allylic oxidation sites excluding steroid dienone is 20. The first-order valence-electron chi connectivity index (χ1n) is 33.0. The molecule has 0 rings (SSSR count). The van der Waals surface area contributed by atoms with E-state index in [4.69, 9.17) is 14.2 Å². The number of esters is 3. The molecule has 0 N–H and O–H groups in total. The summed E-state index contributed by atoms with van der Waals surface area (Å²) >= 11 is 0. The van der Waals surface area contributed by atoms with Crippen molar-refractivity contribution in [3.8, 4) is 0 Å². The fraction of sp³-hybridized carbons (Fsp3) is 0.685. The molecule has 0 aromatic rings. The van der Waals surface area contributed by atoms with Crippen LogP contribution in [0.15, 0.2) is 122 Å². The van der Waals surface area contributed by atoms with E-state index >= 15 is 0 Å². The Bertz CT molecular complexity index is 1640. The van der Waals surface area contributed by atoms with Gasteiger partial charge in [-0.3, -0.25) is 14.4 Å². The quantitative estimate of drug-likeness (QED) is 0.0261. The van der Waals surface area contributed by atoms with Gasteiger partial charge in [-0.2, -0.15) is 0 Å². The average molecular weight is 1100 g/mol. The van der Waals surface area contributed by atoms with E-state index < -0.39 is 6.10 Å². The van der Waals surface area contributed by atoms with Crippen molar-refractivity contribution >= 4 is 17.9 Å². The van der Waals surface area contributed by atoms with E-state index in [1.165, 1.54) is 128 Å². The second-order valence-electron chi connectivity index (χ2n) is 21.6. The number of hydrogen-bond acceptors (Lipinski definition) is 6. The smallest absolute Gasteiger partial charge is 0.306 e. The van der Waals surface area contributed by atoms with Crippen molar-refractivity contribution in [1.29, 1.82) is 0 Å². The fourth-order valence-corrected chi connectivity index (χ4v) is 9.04. The van der Waals surface area contributed by atoms with Crippen molar-refractivity contribution in [3.63, 3.8) is 0 Å². The second-order valence-corrected chi connectivity index (χ2v) is 21.6. The molecule has 1 unspecified atom stereocenters. The first-order chi connectivity index (χ1) is 39.0. The van der Waals surface area contributed by atoms with Crippen LogP contribution in [0.3, 0.4) is 0 Å². The standard InChI is InChI=1S/C73H122O6/c1-4-7-10-13-16-19-22-25-27-29-31-32-33-34-35-36-37-38-39-40-42-43-45-48-51-54-57-60-63-66-72(75)78-69-70(68-77-71(74)65-62-59-56-53-50-47-24-21-18-15-12-9-6-3)79-73(76)67-64-61-58-55-52-49-46-44-41-30-28-26-23-20-17-14-11-8-5-2/h8-9,11-12,17-18,20-22,25-26,28-29,31,33-34,41,44,47,50,70H,4-7,10,13-16,19,23-24,27,30,32,35-40,42-43,45-46,48-49,51-69H2,1-3H3/b11-8-,12-9-,20-17-,21-18-,25-22-,28-26-,31-29-,34-33-,44-41-,50-47-. The van der Waals surface area contributed by atoms with Gasteiger partial charge in [-0.1, -0.05) is 277 Å². The third kappa shape index (κ3) is 64.5. The Balaban J connectivity index is 4.30. The second kappa shape index (κ2) is 66.3. The summed E-state index contributed by atoms with van der Waals surface area (Å²) < 4.78 is 16.9. The maximum atomic E-state index is 12.9. The molecular weight excluding hydrogens is 973 g/mol. The molecule has 6 heteroatoms. The molecule has 0 aromatic carbocycles. The molecule has 0 saturated carbocycles. The lowest BCUT2D eigenvalue weighted by atomic mass is 10.0. The van der Waals surface area contributed by atoms with Crippen molar-refractivity contribution in [1.82, 2.24) is 0 Å². The highest BCUT2D eigenvalue weighted by atomic mass is 16.6. The average Bonchev–Trinajstić information content (AvgIpc) is 3.45. The summed E-state index contributed by atoms with van der Waals surface area (Å²) in [5.41, 5.74) is 0. The molecule has 0 aliphatic carbocycles. The Morgan fingerprint density at radius 1 is 0.266 bits per heavy atom. The van der Waals surface area contributed by atoms with Crippen LogP contribution in [0, 0.1) is 0 Å². The fourth-order valence-electron chi connectivity index (χ4n) is 9.04. The van der Waals surface area contributed by atoms with E-state index in [1.54, 1.807) is 0 Å². The highest BCUT2D eigenvalue weighted by Gasteiger charge is 2.19. The Labute approximate surface area is 488 Å². The first kappa shape index (κ1) is 74.8. The summed E-state index contributed by atoms with van der Waals surface area (Å²) in [6.45, 7) is 6.38. The van der Waals surface area contributed by atoms with Crippen molar-refractivity contribution in [2.24, 2.45) is 0 Å². The largest absolute Gasteiger partial charge is 0.462 e. The summed E-state index contributed by atoms with van der Waals surface area (Å²) in [5.74, 6) is -0.936. The molecule has 450 valence electrons. The maximum Gasteiger partial charge on any atom is 0.306 e. The van der Waals surface area contributed by atoms with Gasteiger partial charge in [0.05, 0.1) is 0 Å². The number of carbonyl (C=O) groups is 3. The van der Waals surface area contributed by atoms with Gasteiger partial charge in [0.2, 0.25) is 0 Å². The van der Waals surface area contributed by atoms with E-state index in [0.717, 1.165) is 135 Å². The lowest BCUT2D eigenvalue weighted by Crippen LogP contribution is -2.30. The molecule has 0 bridgehead atoms. The SMILES string of the molecule is CC/C=C\C/C=C\C/C=C\C/C=C\CCCCCCCCC(=O)OC(COC(=O)CCCCC/C=C\C/C=C\C/C=C\CC)COC(=O)CCCCCCCCCCCCCCCC/C=C\C/C=C\C/C=C\CCCCCCC.